The summed E-state index contributed by atoms with van der Waals surface area (Å²) >= 11 is 0. The molecule has 0 bridgehead atoms. The summed E-state index contributed by atoms with van der Waals surface area (Å²) in [5.41, 5.74) is 7.16. The fourth-order valence-corrected chi connectivity index (χ4v) is 3.02. The summed E-state index contributed by atoms with van der Waals surface area (Å²) in [7, 11) is 1.65. The van der Waals surface area contributed by atoms with Crippen molar-refractivity contribution in [1.82, 2.24) is 5.32 Å². The van der Waals surface area contributed by atoms with Crippen LogP contribution >= 0.6 is 0 Å². The molecule has 1 aromatic carbocycles. The average Bonchev–Trinajstić information content (AvgIpc) is 2.49. The molecule has 0 aromatic heterocycles. The molecule has 3 atom stereocenters. The van der Waals surface area contributed by atoms with E-state index in [2.05, 4.69) is 5.32 Å². The van der Waals surface area contributed by atoms with E-state index in [1.165, 1.54) is 12.8 Å². The van der Waals surface area contributed by atoms with Gasteiger partial charge in [-0.15, -0.1) is 0 Å². The van der Waals surface area contributed by atoms with Crippen molar-refractivity contribution in [3.63, 3.8) is 0 Å². The molecule has 1 aromatic rings. The fourth-order valence-electron chi connectivity index (χ4n) is 3.02. The van der Waals surface area contributed by atoms with Gasteiger partial charge in [0, 0.05) is 12.5 Å². The Morgan fingerprint density at radius 2 is 2.19 bits per heavy atom. The Hall–Kier alpha value is -1.55. The number of nitrogens with one attached hydrogen (secondary N) is 1. The first-order valence-corrected chi connectivity index (χ1v) is 7.79. The monoisotopic (exact) mass is 290 g/mol. The summed E-state index contributed by atoms with van der Waals surface area (Å²) in [5.74, 6) is 1.23. The smallest absolute Gasteiger partial charge is 0.220 e. The minimum absolute atomic E-state index is 0.0209. The van der Waals surface area contributed by atoms with Gasteiger partial charge in [-0.05, 0) is 43.4 Å². The number of benzene rings is 1. The van der Waals surface area contributed by atoms with E-state index in [9.17, 15) is 4.79 Å². The van der Waals surface area contributed by atoms with Crippen LogP contribution in [0.3, 0.4) is 0 Å². The van der Waals surface area contributed by atoms with Crippen LogP contribution in [0.4, 0.5) is 0 Å². The fraction of sp³-hybridized carbons (Fsp3) is 0.588. The van der Waals surface area contributed by atoms with Gasteiger partial charge >= 0.3 is 0 Å². The average molecular weight is 290 g/mol. The highest BCUT2D eigenvalue weighted by Gasteiger charge is 2.24. The lowest BCUT2D eigenvalue weighted by molar-refractivity contribution is -0.123. The van der Waals surface area contributed by atoms with Crippen LogP contribution in [-0.4, -0.2) is 19.1 Å². The van der Waals surface area contributed by atoms with Crippen LogP contribution in [0.15, 0.2) is 24.3 Å². The predicted molar refractivity (Wildman–Crippen MR) is 84.1 cm³/mol. The van der Waals surface area contributed by atoms with Gasteiger partial charge < -0.3 is 15.8 Å². The van der Waals surface area contributed by atoms with Gasteiger partial charge in [0.05, 0.1) is 13.2 Å². The zero-order chi connectivity index (χ0) is 15.2. The van der Waals surface area contributed by atoms with Crippen molar-refractivity contribution in [1.29, 1.82) is 0 Å². The first-order chi connectivity index (χ1) is 10.1. The van der Waals surface area contributed by atoms with Gasteiger partial charge in [-0.3, -0.25) is 4.79 Å². The van der Waals surface area contributed by atoms with E-state index in [1.54, 1.807) is 7.11 Å². The molecule has 1 aliphatic rings. The highest BCUT2D eigenvalue weighted by Crippen LogP contribution is 2.26. The molecule has 0 spiro atoms. The Balaban J connectivity index is 1.89. The number of hydrogen-bond acceptors (Lipinski definition) is 3. The molecule has 1 saturated carbocycles. The van der Waals surface area contributed by atoms with Gasteiger partial charge in [0.25, 0.3) is 0 Å². The normalized spacial score (nSPS) is 23.4. The van der Waals surface area contributed by atoms with Crippen LogP contribution in [0.2, 0.25) is 0 Å². The van der Waals surface area contributed by atoms with E-state index in [1.807, 2.05) is 31.2 Å². The van der Waals surface area contributed by atoms with E-state index in [4.69, 9.17) is 10.5 Å². The Morgan fingerprint density at radius 1 is 1.43 bits per heavy atom. The number of carbonyl (C=O) groups is 1. The summed E-state index contributed by atoms with van der Waals surface area (Å²) < 4.78 is 5.22. The standard InChI is InChI=1S/C17H26N2O2/c1-12(13-7-5-8-15(10-13)21-2)19-17(20)11-14-6-3-4-9-16(14)18/h5,7-8,10,12,14,16H,3-4,6,9,11,18H2,1-2H3,(H,19,20). The summed E-state index contributed by atoms with van der Waals surface area (Å²) in [4.78, 5) is 12.2. The van der Waals surface area contributed by atoms with E-state index < -0.39 is 0 Å². The molecule has 1 amide bonds. The van der Waals surface area contributed by atoms with Crippen molar-refractivity contribution in [2.24, 2.45) is 11.7 Å². The SMILES string of the molecule is COc1cccc(C(C)NC(=O)CC2CCCCC2N)c1. The molecule has 116 valence electrons. The topological polar surface area (TPSA) is 64.3 Å². The number of nitrogens with two attached hydrogens (primary N) is 1. The lowest BCUT2D eigenvalue weighted by Gasteiger charge is -2.28. The summed E-state index contributed by atoms with van der Waals surface area (Å²) in [6.45, 7) is 1.99. The van der Waals surface area contributed by atoms with Crippen LogP contribution < -0.4 is 15.8 Å². The highest BCUT2D eigenvalue weighted by atomic mass is 16.5. The maximum Gasteiger partial charge on any atom is 0.220 e. The van der Waals surface area contributed by atoms with Crippen molar-refractivity contribution >= 4 is 5.91 Å². The molecule has 4 nitrogen and oxygen atoms in total. The summed E-state index contributed by atoms with van der Waals surface area (Å²) in [5, 5.41) is 3.07. The maximum atomic E-state index is 12.2. The third-order valence-corrected chi connectivity index (χ3v) is 4.39. The van der Waals surface area contributed by atoms with Gasteiger partial charge in [0.1, 0.15) is 5.75 Å². The Bertz CT molecular complexity index is 476. The molecule has 0 saturated heterocycles. The third kappa shape index (κ3) is 4.46. The second-order valence-electron chi connectivity index (χ2n) is 5.98. The quantitative estimate of drug-likeness (QED) is 0.876. The van der Waals surface area contributed by atoms with E-state index >= 15 is 0 Å². The van der Waals surface area contributed by atoms with Gasteiger partial charge in [0.15, 0.2) is 0 Å². The molecule has 1 aliphatic carbocycles. The summed E-state index contributed by atoms with van der Waals surface area (Å²) in [6, 6.07) is 7.95. The molecule has 4 heteroatoms. The molecular formula is C17H26N2O2. The predicted octanol–water partition coefficient (Wildman–Crippen LogP) is 2.78. The van der Waals surface area contributed by atoms with Crippen molar-refractivity contribution in [2.45, 2.75) is 51.1 Å². The molecule has 0 aliphatic heterocycles. The number of ether oxygens (including phenoxy) is 1. The Kier molecular flexibility index (Phi) is 5.62. The van der Waals surface area contributed by atoms with Crippen molar-refractivity contribution in [3.8, 4) is 5.75 Å². The van der Waals surface area contributed by atoms with Crippen molar-refractivity contribution in [3.05, 3.63) is 29.8 Å². The summed E-state index contributed by atoms with van der Waals surface area (Å²) in [6.07, 6.45) is 5.04. The van der Waals surface area contributed by atoms with Crippen molar-refractivity contribution < 1.29 is 9.53 Å². The second kappa shape index (κ2) is 7.46. The second-order valence-corrected chi connectivity index (χ2v) is 5.98. The molecule has 0 radical (unpaired) electrons. The minimum atomic E-state index is -0.0209. The van der Waals surface area contributed by atoms with Crippen LogP contribution in [0, 0.1) is 5.92 Å². The Morgan fingerprint density at radius 3 is 2.90 bits per heavy atom. The van der Waals surface area contributed by atoms with Crippen molar-refractivity contribution in [2.75, 3.05) is 7.11 Å². The number of rotatable bonds is 5. The lowest BCUT2D eigenvalue weighted by Crippen LogP contribution is -2.37. The molecule has 3 N–H and O–H groups in total. The van der Waals surface area contributed by atoms with Gasteiger partial charge in [-0.2, -0.15) is 0 Å². The van der Waals surface area contributed by atoms with Crippen LogP contribution in [0.25, 0.3) is 0 Å². The third-order valence-electron chi connectivity index (χ3n) is 4.39. The highest BCUT2D eigenvalue weighted by molar-refractivity contribution is 5.76. The van der Waals surface area contributed by atoms with Crippen LogP contribution in [0.1, 0.15) is 50.6 Å². The molecular weight excluding hydrogens is 264 g/mol. The van der Waals surface area contributed by atoms with Gasteiger partial charge in [-0.25, -0.2) is 0 Å². The lowest BCUT2D eigenvalue weighted by atomic mass is 9.83. The first kappa shape index (κ1) is 15.8. The first-order valence-electron chi connectivity index (χ1n) is 7.79. The zero-order valence-electron chi connectivity index (χ0n) is 13.0. The number of methoxy groups -OCH3 is 1. The van der Waals surface area contributed by atoms with E-state index in [0.29, 0.717) is 12.3 Å². The Labute approximate surface area is 127 Å². The minimum Gasteiger partial charge on any atom is -0.497 e. The van der Waals surface area contributed by atoms with E-state index in [0.717, 1.165) is 24.2 Å². The molecule has 2 rings (SSSR count). The maximum absolute atomic E-state index is 12.2. The van der Waals surface area contributed by atoms with Crippen LogP contribution in [0.5, 0.6) is 5.75 Å². The number of carbonyl (C=O) groups excluding carboxylic acids is 1. The molecule has 3 unspecified atom stereocenters. The molecule has 21 heavy (non-hydrogen) atoms. The largest absolute Gasteiger partial charge is 0.497 e. The van der Waals surface area contributed by atoms with Gasteiger partial charge in [0.2, 0.25) is 5.91 Å². The van der Waals surface area contributed by atoms with Crippen LogP contribution in [-0.2, 0) is 4.79 Å². The van der Waals surface area contributed by atoms with E-state index in [-0.39, 0.29) is 18.0 Å². The number of hydrogen-bond donors (Lipinski definition) is 2. The molecule has 1 fully saturated rings. The zero-order valence-corrected chi connectivity index (χ0v) is 13.0. The number of amides is 1. The molecule has 0 heterocycles. The van der Waals surface area contributed by atoms with Gasteiger partial charge in [-0.1, -0.05) is 25.0 Å².